The lowest BCUT2D eigenvalue weighted by Crippen LogP contribution is -2.48. The van der Waals surface area contributed by atoms with Crippen LogP contribution < -0.4 is 0 Å². The van der Waals surface area contributed by atoms with Gasteiger partial charge >= 0.3 is 5.97 Å². The van der Waals surface area contributed by atoms with Crippen molar-refractivity contribution < 1.29 is 19.8 Å². The zero-order valence-electron chi connectivity index (χ0n) is 11.1. The van der Waals surface area contributed by atoms with Crippen LogP contribution in [0.4, 0.5) is 0 Å². The normalized spacial score (nSPS) is 22.6. The van der Waals surface area contributed by atoms with Gasteiger partial charge in [-0.05, 0) is 38.0 Å². The molecule has 1 unspecified atom stereocenters. The van der Waals surface area contributed by atoms with Gasteiger partial charge in [0.15, 0.2) is 0 Å². The van der Waals surface area contributed by atoms with Gasteiger partial charge < -0.3 is 15.1 Å². The fraction of sp³-hybridized carbons (Fsp3) is 0.429. The van der Waals surface area contributed by atoms with Gasteiger partial charge in [-0.15, -0.1) is 0 Å². The van der Waals surface area contributed by atoms with Crippen LogP contribution in [0.3, 0.4) is 0 Å². The number of amides is 1. The van der Waals surface area contributed by atoms with E-state index in [0.29, 0.717) is 19.4 Å². The zero-order chi connectivity index (χ0) is 14.9. The number of carbonyl (C=O) groups excluding carboxylic acids is 1. The smallest absolute Gasteiger partial charge is 0.311 e. The first-order valence-corrected chi connectivity index (χ1v) is 6.72. The minimum Gasteiger partial charge on any atom is -0.508 e. The Kier molecular flexibility index (Phi) is 3.90. The first kappa shape index (κ1) is 14.7. The van der Waals surface area contributed by atoms with Crippen LogP contribution in [0.5, 0.6) is 5.75 Å². The van der Waals surface area contributed by atoms with E-state index in [2.05, 4.69) is 0 Å². The number of carboxylic acid groups (broad SMARTS) is 1. The van der Waals surface area contributed by atoms with E-state index in [1.165, 1.54) is 23.1 Å². The van der Waals surface area contributed by atoms with Crippen LogP contribution in [0.1, 0.15) is 30.1 Å². The van der Waals surface area contributed by atoms with Crippen LogP contribution in [-0.4, -0.2) is 40.1 Å². The minimum absolute atomic E-state index is 0.0456. The molecule has 1 aromatic rings. The van der Waals surface area contributed by atoms with E-state index in [1.54, 1.807) is 6.92 Å². The molecule has 0 radical (unpaired) electrons. The van der Waals surface area contributed by atoms with Crippen LogP contribution in [0.25, 0.3) is 0 Å². The number of hydrogen-bond acceptors (Lipinski definition) is 3. The number of aromatic hydroxyl groups is 1. The first-order chi connectivity index (χ1) is 9.33. The van der Waals surface area contributed by atoms with E-state index in [-0.39, 0.29) is 28.8 Å². The van der Waals surface area contributed by atoms with Crippen molar-refractivity contribution in [3.05, 3.63) is 28.8 Å². The highest BCUT2D eigenvalue weighted by molar-refractivity contribution is 6.33. The highest BCUT2D eigenvalue weighted by Crippen LogP contribution is 2.31. The Bertz CT molecular complexity index is 560. The van der Waals surface area contributed by atoms with Gasteiger partial charge in [0.25, 0.3) is 5.91 Å². The van der Waals surface area contributed by atoms with Crippen molar-refractivity contribution in [2.45, 2.75) is 19.8 Å². The number of aliphatic carboxylic acids is 1. The number of halogens is 1. The van der Waals surface area contributed by atoms with E-state index in [4.69, 9.17) is 11.6 Å². The maximum Gasteiger partial charge on any atom is 0.311 e. The number of nitrogens with zero attached hydrogens (tertiary/aromatic N) is 1. The van der Waals surface area contributed by atoms with Crippen molar-refractivity contribution in [3.8, 4) is 5.75 Å². The molecule has 2 rings (SSSR count). The molecule has 1 heterocycles. The molecule has 108 valence electrons. The average Bonchev–Trinajstić information content (AvgIpc) is 2.40. The second-order valence-electron chi connectivity index (χ2n) is 5.36. The number of piperidine rings is 1. The largest absolute Gasteiger partial charge is 0.508 e. The summed E-state index contributed by atoms with van der Waals surface area (Å²) in [7, 11) is 0. The Balaban J connectivity index is 2.25. The molecule has 0 aromatic heterocycles. The Hall–Kier alpha value is -1.75. The third-order valence-electron chi connectivity index (χ3n) is 3.68. The standard InChI is InChI=1S/C14H16ClNO4/c1-14(13(19)20)5-2-6-16(8-14)12(18)10-7-9(17)3-4-11(10)15/h3-4,7,17H,2,5-6,8H2,1H3,(H,19,20). The summed E-state index contributed by atoms with van der Waals surface area (Å²) in [5.41, 5.74) is -0.738. The minimum atomic E-state index is -0.933. The van der Waals surface area contributed by atoms with Gasteiger partial charge in [-0.25, -0.2) is 0 Å². The van der Waals surface area contributed by atoms with E-state index in [1.807, 2.05) is 0 Å². The van der Waals surface area contributed by atoms with Gasteiger partial charge in [-0.3, -0.25) is 9.59 Å². The molecule has 6 heteroatoms. The predicted octanol–water partition coefficient (Wildman–Crippen LogP) is 2.37. The maximum absolute atomic E-state index is 12.4. The van der Waals surface area contributed by atoms with Crippen molar-refractivity contribution in [1.82, 2.24) is 4.90 Å². The fourth-order valence-corrected chi connectivity index (χ4v) is 2.63. The SMILES string of the molecule is CC1(C(=O)O)CCCN(C(=O)c2cc(O)ccc2Cl)C1. The van der Waals surface area contributed by atoms with E-state index >= 15 is 0 Å². The molecule has 1 aromatic carbocycles. The average molecular weight is 298 g/mol. The third kappa shape index (κ3) is 2.72. The monoisotopic (exact) mass is 297 g/mol. The molecule has 1 amide bonds. The van der Waals surface area contributed by atoms with E-state index in [0.717, 1.165) is 0 Å². The lowest BCUT2D eigenvalue weighted by molar-refractivity contribution is -0.150. The van der Waals surface area contributed by atoms with Crippen LogP contribution in [0.15, 0.2) is 18.2 Å². The lowest BCUT2D eigenvalue weighted by atomic mass is 9.82. The lowest BCUT2D eigenvalue weighted by Gasteiger charge is -2.37. The van der Waals surface area contributed by atoms with Crippen LogP contribution in [0, 0.1) is 5.41 Å². The van der Waals surface area contributed by atoms with Crippen molar-refractivity contribution >= 4 is 23.5 Å². The highest BCUT2D eigenvalue weighted by atomic mass is 35.5. The molecule has 0 bridgehead atoms. The highest BCUT2D eigenvalue weighted by Gasteiger charge is 2.39. The van der Waals surface area contributed by atoms with E-state index < -0.39 is 11.4 Å². The van der Waals surface area contributed by atoms with Crippen LogP contribution in [-0.2, 0) is 4.79 Å². The third-order valence-corrected chi connectivity index (χ3v) is 4.01. The molecule has 0 saturated carbocycles. The Morgan fingerprint density at radius 2 is 2.10 bits per heavy atom. The van der Waals surface area contributed by atoms with Gasteiger partial charge in [-0.2, -0.15) is 0 Å². The number of phenolic OH excluding ortho intramolecular Hbond substituents is 1. The molecule has 1 aliphatic rings. The van der Waals surface area contributed by atoms with Gasteiger partial charge in [0.1, 0.15) is 5.75 Å². The summed E-state index contributed by atoms with van der Waals surface area (Å²) in [6.45, 7) is 2.28. The molecule has 1 fully saturated rings. The summed E-state index contributed by atoms with van der Waals surface area (Å²) >= 11 is 5.97. The molecule has 20 heavy (non-hydrogen) atoms. The Morgan fingerprint density at radius 3 is 2.75 bits per heavy atom. The number of carbonyl (C=O) groups is 2. The van der Waals surface area contributed by atoms with Crippen molar-refractivity contribution in [3.63, 3.8) is 0 Å². The second kappa shape index (κ2) is 5.32. The quantitative estimate of drug-likeness (QED) is 0.878. The zero-order valence-corrected chi connectivity index (χ0v) is 11.9. The van der Waals surface area contributed by atoms with Gasteiger partial charge in [0, 0.05) is 13.1 Å². The molecule has 1 atom stereocenters. The molecule has 5 nitrogen and oxygen atoms in total. The molecular weight excluding hydrogens is 282 g/mol. The van der Waals surface area contributed by atoms with E-state index in [9.17, 15) is 19.8 Å². The van der Waals surface area contributed by atoms with Crippen LogP contribution >= 0.6 is 11.6 Å². The summed E-state index contributed by atoms with van der Waals surface area (Å²) in [5.74, 6) is -1.30. The summed E-state index contributed by atoms with van der Waals surface area (Å²) in [6, 6.07) is 4.15. The number of rotatable bonds is 2. The molecule has 0 spiro atoms. The molecule has 1 saturated heterocycles. The molecule has 2 N–H and O–H groups in total. The van der Waals surface area contributed by atoms with Crippen molar-refractivity contribution in [1.29, 1.82) is 0 Å². The summed E-state index contributed by atoms with van der Waals surface area (Å²) < 4.78 is 0. The topological polar surface area (TPSA) is 77.8 Å². The van der Waals surface area contributed by atoms with Crippen molar-refractivity contribution in [2.75, 3.05) is 13.1 Å². The fourth-order valence-electron chi connectivity index (χ4n) is 2.43. The second-order valence-corrected chi connectivity index (χ2v) is 5.77. The number of likely N-dealkylation sites (tertiary alicyclic amines) is 1. The number of benzene rings is 1. The van der Waals surface area contributed by atoms with Crippen molar-refractivity contribution in [2.24, 2.45) is 5.41 Å². The number of phenols is 1. The Labute approximate surface area is 121 Å². The summed E-state index contributed by atoms with van der Waals surface area (Å²) in [6.07, 6.45) is 1.17. The number of carboxylic acids is 1. The van der Waals surface area contributed by atoms with Crippen LogP contribution in [0.2, 0.25) is 5.02 Å². The summed E-state index contributed by atoms with van der Waals surface area (Å²) in [5, 5.41) is 19.0. The molecular formula is C14H16ClNO4. The van der Waals surface area contributed by atoms with Gasteiger partial charge in [0.05, 0.1) is 16.0 Å². The number of hydrogen-bond donors (Lipinski definition) is 2. The predicted molar refractivity (Wildman–Crippen MR) is 74.0 cm³/mol. The summed E-state index contributed by atoms with van der Waals surface area (Å²) in [4.78, 5) is 25.2. The van der Waals surface area contributed by atoms with Gasteiger partial charge in [-0.1, -0.05) is 11.6 Å². The Morgan fingerprint density at radius 1 is 1.40 bits per heavy atom. The maximum atomic E-state index is 12.4. The molecule has 0 aliphatic carbocycles. The molecule has 1 aliphatic heterocycles. The first-order valence-electron chi connectivity index (χ1n) is 6.35. The van der Waals surface area contributed by atoms with Gasteiger partial charge in [0.2, 0.25) is 0 Å².